The molecule has 8 aromatic rings. The molecule has 149 heavy (non-hydrogen) atoms. The highest BCUT2D eigenvalue weighted by Gasteiger charge is 2.33. The summed E-state index contributed by atoms with van der Waals surface area (Å²) in [4.78, 5) is 2.29. The van der Waals surface area contributed by atoms with E-state index in [0.717, 1.165) is 224 Å². The maximum Gasteiger partial charge on any atom is 0.155 e. The van der Waals surface area contributed by atoms with Gasteiger partial charge in [0, 0.05) is 25.8 Å². The average Bonchev–Trinajstić information content (AvgIpc) is 0.751. The summed E-state index contributed by atoms with van der Waals surface area (Å²) in [7, 11) is -9.90. The molecule has 0 bridgehead atoms. The van der Waals surface area contributed by atoms with E-state index < -0.39 is 83.9 Å². The smallest absolute Gasteiger partial charge is 0.155 e. The van der Waals surface area contributed by atoms with Crippen LogP contribution in [-0.4, -0.2) is 149 Å². The predicted molar refractivity (Wildman–Crippen MR) is 650 cm³/mol. The molecule has 8 aromatic carbocycles. The summed E-state index contributed by atoms with van der Waals surface area (Å²) in [6.45, 7) is 44.4. The standard InChI is InChI=1S/C25H32O2S.C22H38O2S.C21H37NO2S.C21H37NOS.C21H36O3S.C18H30O3S/c1-25(2,3)28(26,27)17-10-6-4-5-7-12-20-15-11-16-23-18-21-13-8-9-14-22(21)19-24(20)23;1-5-6-13-20-15-17-21(18-16-20)14-11-9-7-8-10-12-19-25(23,24)22(2,3)4;1-6-7-12-19-13-15-20(16-14-19)22(5)17-10-8-9-11-18-25(23,24)21(2,3)4;1-6-7-12-19-14-16-20(17-15-19)13-10-8-9-11-18-22(5)24(23)21(2,3)4;1-5-6-17-24-20-15-13-19(14-16-20)12-10-8-7-9-11-18-25(22,23)21(2,3)4;1-18(2,3)22(19,20)15-9-7-5-6-8-10-16-11-13-17(21-4)14-12-16/h8-9,11,13-16,18-19H,4-7,10,12,17H2,1-3H3;15-18H,5-14,19H2,1-4H3;13-16H,6-12,17-18H2,1-5H3;14-17H,6-13,18H2,1-5H3;13-16H,5-12,17-18H2,1-4H3;11-14H,5-10,15H2,1-4H3. The number of ether oxygens (including phenoxy) is 2. The van der Waals surface area contributed by atoms with Gasteiger partial charge in [0.15, 0.2) is 49.2 Å². The molecule has 0 aliphatic rings. The van der Waals surface area contributed by atoms with Gasteiger partial charge in [0.25, 0.3) is 0 Å². The molecular weight excluding hydrogens is 1970 g/mol. The maximum atomic E-state index is 12.2. The van der Waals surface area contributed by atoms with Crippen molar-refractivity contribution in [2.45, 2.75) is 470 Å². The van der Waals surface area contributed by atoms with Gasteiger partial charge in [-0.05, 0) is 400 Å². The summed E-state index contributed by atoms with van der Waals surface area (Å²) in [5.74, 6) is 3.44. The predicted octanol–water partition coefficient (Wildman–Crippen LogP) is 33.6. The second-order valence-electron chi connectivity index (χ2n) is 47.4. The SMILES string of the molecule is CC(C)(C)S(=O)(=O)CCCCCCCc1cccc2cc3ccccc3cc12.CCCCOc1ccc(CCCCCCCS(=O)(=O)C(C)(C)C)cc1.CCCCc1ccc(CCCCCCCCS(=O)(=O)C(C)(C)C)cc1.CCCCc1ccc(CCCCCCN(C)S(=O)C(C)(C)C)cc1.CCCCc1ccc(N(C)CCCCCCS(=O)(=O)C(C)(C)C)cc1.COc1ccc(CCCCCCCS(=O)(=O)C(C)(C)C)cc1. The highest BCUT2D eigenvalue weighted by atomic mass is 32.2. The third-order valence-electron chi connectivity index (χ3n) is 28.1. The lowest BCUT2D eigenvalue weighted by Crippen LogP contribution is -2.35. The summed E-state index contributed by atoms with van der Waals surface area (Å²) >= 11 is 0. The topological polar surface area (TPSA) is 213 Å². The summed E-state index contributed by atoms with van der Waals surface area (Å²) < 4.78 is 142. The number of sulfone groups is 5. The molecule has 846 valence electrons. The quantitative estimate of drug-likeness (QED) is 0.0256. The summed E-state index contributed by atoms with van der Waals surface area (Å²) in [5.41, 5.74) is 12.6. The minimum absolute atomic E-state index is 0.155. The van der Waals surface area contributed by atoms with Crippen LogP contribution >= 0.6 is 0 Å². The van der Waals surface area contributed by atoms with Gasteiger partial charge in [-0.25, -0.2) is 50.6 Å². The molecule has 0 aliphatic carbocycles. The average molecular weight is 2180 g/mol. The molecule has 21 heteroatoms. The number of rotatable bonds is 63. The van der Waals surface area contributed by atoms with Crippen LogP contribution in [0.5, 0.6) is 11.5 Å². The first-order valence-electron chi connectivity index (χ1n) is 57.5. The molecule has 0 aromatic heterocycles. The second kappa shape index (κ2) is 71.6. The number of nitrogens with zero attached hydrogens (tertiary/aromatic N) is 2. The fraction of sp³-hybridized carbons (Fsp3) is 0.656. The molecule has 15 nitrogen and oxygen atoms in total. The Morgan fingerprint density at radius 1 is 0.262 bits per heavy atom. The third-order valence-corrected chi connectivity index (χ3v) is 43.4. The Kier molecular flexibility index (Phi) is 65.7. The van der Waals surface area contributed by atoms with Crippen molar-refractivity contribution in [2.24, 2.45) is 0 Å². The third kappa shape index (κ3) is 57.7. The van der Waals surface area contributed by atoms with Crippen LogP contribution in [0.4, 0.5) is 5.69 Å². The molecule has 0 spiro atoms. The van der Waals surface area contributed by atoms with E-state index in [9.17, 15) is 46.3 Å². The number of aryl methyl sites for hydroxylation is 8. The van der Waals surface area contributed by atoms with Crippen LogP contribution in [0.15, 0.2) is 176 Å². The molecule has 0 heterocycles. The van der Waals surface area contributed by atoms with Gasteiger partial charge >= 0.3 is 0 Å². The number of methoxy groups -OCH3 is 1. The lowest BCUT2D eigenvalue weighted by atomic mass is 9.96. The van der Waals surface area contributed by atoms with E-state index in [-0.39, 0.29) is 4.75 Å². The van der Waals surface area contributed by atoms with E-state index >= 15 is 0 Å². The maximum absolute atomic E-state index is 12.2. The molecule has 0 amide bonds. The van der Waals surface area contributed by atoms with Crippen LogP contribution in [-0.2, 0) is 112 Å². The van der Waals surface area contributed by atoms with Crippen molar-refractivity contribution >= 4 is 87.4 Å². The monoisotopic (exact) mass is 2180 g/mol. The van der Waals surface area contributed by atoms with E-state index in [1.807, 2.05) is 44.3 Å². The molecule has 0 saturated heterocycles. The summed E-state index contributed by atoms with van der Waals surface area (Å²) in [5, 5.41) is 5.25. The van der Waals surface area contributed by atoms with Crippen molar-refractivity contribution in [1.82, 2.24) is 4.31 Å². The van der Waals surface area contributed by atoms with Crippen LogP contribution < -0.4 is 14.4 Å². The van der Waals surface area contributed by atoms with E-state index in [1.165, 1.54) is 168 Å². The molecular formula is C128H210N2O13S6. The van der Waals surface area contributed by atoms with Gasteiger partial charge in [-0.1, -0.05) is 290 Å². The summed E-state index contributed by atoms with van der Waals surface area (Å²) in [6.07, 6.45) is 50.0. The van der Waals surface area contributed by atoms with Crippen molar-refractivity contribution in [1.29, 1.82) is 0 Å². The first-order valence-corrected chi connectivity index (χ1v) is 66.9. The van der Waals surface area contributed by atoms with E-state index in [0.29, 0.717) is 28.8 Å². The Morgan fingerprint density at radius 2 is 0.517 bits per heavy atom. The lowest BCUT2D eigenvalue weighted by molar-refractivity contribution is 0.309. The van der Waals surface area contributed by atoms with Crippen LogP contribution in [0.3, 0.4) is 0 Å². The van der Waals surface area contributed by atoms with Crippen molar-refractivity contribution in [3.8, 4) is 11.5 Å². The van der Waals surface area contributed by atoms with Crippen molar-refractivity contribution in [3.05, 3.63) is 220 Å². The fourth-order valence-corrected chi connectivity index (χ4v) is 24.1. The van der Waals surface area contributed by atoms with Gasteiger partial charge in [-0.3, -0.25) is 0 Å². The largest absolute Gasteiger partial charge is 0.497 e. The highest BCUT2D eigenvalue weighted by Crippen LogP contribution is 2.31. The van der Waals surface area contributed by atoms with E-state index in [1.54, 1.807) is 111 Å². The zero-order chi connectivity index (χ0) is 111. The molecule has 0 N–H and O–H groups in total. The Hall–Kier alpha value is -6.46. The molecule has 0 aliphatic heterocycles. The number of unbranched alkanes of at least 4 members (excludes halogenated alkanes) is 27. The number of benzene rings is 8. The number of fused-ring (bicyclic) bond motifs is 2. The number of anilines is 1. The van der Waals surface area contributed by atoms with Crippen molar-refractivity contribution in [3.63, 3.8) is 0 Å². The van der Waals surface area contributed by atoms with Gasteiger partial charge in [-0.2, -0.15) is 0 Å². The molecule has 0 radical (unpaired) electrons. The Morgan fingerprint density at radius 3 is 0.819 bits per heavy atom. The molecule has 0 saturated carbocycles. The minimum Gasteiger partial charge on any atom is -0.497 e. The molecule has 1 unspecified atom stereocenters. The lowest BCUT2D eigenvalue weighted by Gasteiger charge is -2.25. The van der Waals surface area contributed by atoms with E-state index in [2.05, 4.69) is 203 Å². The Bertz CT molecular complexity index is 5530. The number of hydrogen-bond donors (Lipinski definition) is 0. The molecule has 8 rings (SSSR count). The van der Waals surface area contributed by atoms with Gasteiger partial charge in [0.2, 0.25) is 0 Å². The van der Waals surface area contributed by atoms with Gasteiger partial charge < -0.3 is 14.4 Å². The Labute approximate surface area is 916 Å². The number of hydrogen-bond acceptors (Lipinski definition) is 14. The fourth-order valence-electron chi connectivity index (χ4n) is 16.9. The first-order chi connectivity index (χ1) is 70.1. The normalized spacial score (nSPS) is 12.6. The van der Waals surface area contributed by atoms with Gasteiger partial charge in [0.05, 0.1) is 81.9 Å². The molecule has 1 atom stereocenters. The van der Waals surface area contributed by atoms with Crippen molar-refractivity contribution < 1.29 is 55.8 Å². The minimum atomic E-state index is -2.98. The highest BCUT2D eigenvalue weighted by molar-refractivity contribution is 7.93. The summed E-state index contributed by atoms with van der Waals surface area (Å²) in [6, 6.07) is 63.5. The zero-order valence-corrected chi connectivity index (χ0v) is 103. The van der Waals surface area contributed by atoms with Crippen LogP contribution in [0.1, 0.15) is 434 Å². The zero-order valence-electron chi connectivity index (χ0n) is 98.4. The first kappa shape index (κ1) is 137. The van der Waals surface area contributed by atoms with Crippen molar-refractivity contribution in [2.75, 3.05) is 74.6 Å². The Balaban J connectivity index is 0.000000460. The molecule has 0 fully saturated rings. The van der Waals surface area contributed by atoms with E-state index in [4.69, 9.17) is 9.47 Å². The van der Waals surface area contributed by atoms with Crippen LogP contribution in [0.25, 0.3) is 21.5 Å². The van der Waals surface area contributed by atoms with Crippen LogP contribution in [0.2, 0.25) is 0 Å². The van der Waals surface area contributed by atoms with Crippen LogP contribution in [0, 0.1) is 0 Å². The van der Waals surface area contributed by atoms with Gasteiger partial charge in [-0.15, -0.1) is 0 Å². The second-order valence-corrected chi connectivity index (χ2v) is 64.1. The van der Waals surface area contributed by atoms with Gasteiger partial charge in [0.1, 0.15) is 11.5 Å².